The minimum absolute atomic E-state index is 0.0691. The van der Waals surface area contributed by atoms with Crippen LogP contribution < -0.4 is 0 Å². The van der Waals surface area contributed by atoms with Crippen LogP contribution in [-0.2, 0) is 41.7 Å². The molecule has 2 heterocycles. The zero-order valence-corrected chi connectivity index (χ0v) is 21.8. The van der Waals surface area contributed by atoms with Crippen LogP contribution in [0.5, 0.6) is 0 Å². The van der Waals surface area contributed by atoms with E-state index in [0.717, 1.165) is 16.7 Å². The van der Waals surface area contributed by atoms with Gasteiger partial charge in [-0.15, -0.1) is 0 Å². The van der Waals surface area contributed by atoms with Gasteiger partial charge in [0.25, 0.3) is 0 Å². The molecular formula is C32H31NO6. The lowest BCUT2D eigenvalue weighted by Crippen LogP contribution is -2.45. The average molecular weight is 526 g/mol. The first kappa shape index (κ1) is 26.2. The molecule has 3 aromatic rings. The van der Waals surface area contributed by atoms with Gasteiger partial charge in [-0.05, 0) is 24.1 Å². The van der Waals surface area contributed by atoms with E-state index >= 15 is 0 Å². The van der Waals surface area contributed by atoms with Crippen molar-refractivity contribution >= 4 is 23.6 Å². The van der Waals surface area contributed by atoms with E-state index in [0.29, 0.717) is 12.3 Å². The van der Waals surface area contributed by atoms with Gasteiger partial charge in [0.1, 0.15) is 12.4 Å². The van der Waals surface area contributed by atoms with Gasteiger partial charge in [-0.3, -0.25) is 9.59 Å². The van der Waals surface area contributed by atoms with Crippen molar-refractivity contribution in [3.8, 4) is 0 Å². The highest BCUT2D eigenvalue weighted by molar-refractivity contribution is 5.90. The van der Waals surface area contributed by atoms with Gasteiger partial charge in [0.15, 0.2) is 0 Å². The number of esters is 2. The van der Waals surface area contributed by atoms with Gasteiger partial charge in [-0.25, -0.2) is 4.79 Å². The third-order valence-electron chi connectivity index (χ3n) is 7.15. The van der Waals surface area contributed by atoms with Gasteiger partial charge in [0.2, 0.25) is 12.0 Å². The molecular weight excluding hydrogens is 494 g/mol. The Morgan fingerprint density at radius 3 is 2.10 bits per heavy atom. The summed E-state index contributed by atoms with van der Waals surface area (Å²) in [6.45, 7) is 2.33. The molecule has 0 saturated carbocycles. The number of hydrogen-bond acceptors (Lipinski definition) is 6. The van der Waals surface area contributed by atoms with Crippen LogP contribution in [0.15, 0.2) is 97.1 Å². The first-order valence-electron chi connectivity index (χ1n) is 13.2. The van der Waals surface area contributed by atoms with Crippen LogP contribution in [0.25, 0.3) is 5.76 Å². The van der Waals surface area contributed by atoms with Crippen LogP contribution in [0.2, 0.25) is 0 Å². The zero-order valence-electron chi connectivity index (χ0n) is 21.8. The van der Waals surface area contributed by atoms with E-state index in [9.17, 15) is 14.4 Å². The summed E-state index contributed by atoms with van der Waals surface area (Å²) in [4.78, 5) is 41.9. The molecule has 4 atom stereocenters. The van der Waals surface area contributed by atoms with E-state index in [1.807, 2.05) is 91.0 Å². The van der Waals surface area contributed by atoms with Crippen molar-refractivity contribution in [1.82, 2.24) is 4.90 Å². The number of likely N-dealkylation sites (tertiary alicyclic amines) is 1. The quantitative estimate of drug-likeness (QED) is 0.375. The zero-order chi connectivity index (χ0) is 27.2. The highest BCUT2D eigenvalue weighted by atomic mass is 16.6. The molecule has 39 heavy (non-hydrogen) atoms. The highest BCUT2D eigenvalue weighted by Crippen LogP contribution is 2.44. The molecule has 0 spiro atoms. The van der Waals surface area contributed by atoms with Crippen molar-refractivity contribution in [2.45, 2.75) is 38.6 Å². The lowest BCUT2D eigenvalue weighted by atomic mass is 9.81. The Labute approximate surface area is 228 Å². The molecule has 0 aliphatic carbocycles. The van der Waals surface area contributed by atoms with Crippen molar-refractivity contribution in [2.75, 3.05) is 6.61 Å². The molecule has 2 aliphatic rings. The van der Waals surface area contributed by atoms with Crippen LogP contribution in [-0.4, -0.2) is 41.5 Å². The molecule has 7 nitrogen and oxygen atoms in total. The normalized spacial score (nSPS) is 21.9. The maximum atomic E-state index is 13.9. The summed E-state index contributed by atoms with van der Waals surface area (Å²) in [5.41, 5.74) is 2.56. The average Bonchev–Trinajstić information content (AvgIpc) is 3.23. The van der Waals surface area contributed by atoms with Crippen LogP contribution in [0.1, 0.15) is 30.0 Å². The van der Waals surface area contributed by atoms with Gasteiger partial charge < -0.3 is 19.1 Å². The Hall–Kier alpha value is -4.39. The van der Waals surface area contributed by atoms with Crippen LogP contribution >= 0.6 is 0 Å². The maximum Gasteiger partial charge on any atom is 0.347 e. The lowest BCUT2D eigenvalue weighted by Gasteiger charge is -2.34. The van der Waals surface area contributed by atoms with Crippen LogP contribution in [0, 0.1) is 11.8 Å². The van der Waals surface area contributed by atoms with Gasteiger partial charge in [0.05, 0.1) is 25.0 Å². The molecule has 1 saturated heterocycles. The molecule has 7 heteroatoms. The molecule has 0 N–H and O–H groups in total. The summed E-state index contributed by atoms with van der Waals surface area (Å²) < 4.78 is 17.2. The Balaban J connectivity index is 1.48. The number of carbonyl (C=O) groups excluding carboxylic acids is 3. The summed E-state index contributed by atoms with van der Waals surface area (Å²) in [6.07, 6.45) is 0.665. The molecule has 0 aromatic heterocycles. The van der Waals surface area contributed by atoms with Gasteiger partial charge in [0, 0.05) is 18.0 Å². The van der Waals surface area contributed by atoms with Crippen molar-refractivity contribution in [3.05, 3.63) is 114 Å². The first-order valence-corrected chi connectivity index (χ1v) is 13.2. The monoisotopic (exact) mass is 525 g/mol. The van der Waals surface area contributed by atoms with Crippen molar-refractivity contribution < 1.29 is 28.6 Å². The van der Waals surface area contributed by atoms with Crippen LogP contribution in [0.4, 0.5) is 0 Å². The number of amides is 1. The van der Waals surface area contributed by atoms with E-state index in [4.69, 9.17) is 14.2 Å². The molecule has 1 amide bonds. The number of rotatable bonds is 9. The minimum atomic E-state index is -1.05. The summed E-state index contributed by atoms with van der Waals surface area (Å²) >= 11 is 0. The smallest absolute Gasteiger partial charge is 0.347 e. The number of ether oxygens (including phenoxy) is 3. The Bertz CT molecular complexity index is 1320. The number of hydrogen-bond donors (Lipinski definition) is 0. The lowest BCUT2D eigenvalue weighted by molar-refractivity contribution is -0.159. The van der Waals surface area contributed by atoms with E-state index in [1.54, 1.807) is 17.9 Å². The molecule has 0 radical (unpaired) electrons. The van der Waals surface area contributed by atoms with E-state index in [1.165, 1.54) is 0 Å². The molecule has 2 aliphatic heterocycles. The fourth-order valence-electron chi connectivity index (χ4n) is 5.34. The summed E-state index contributed by atoms with van der Waals surface area (Å²) in [6, 6.07) is 27.8. The molecule has 5 rings (SSSR count). The van der Waals surface area contributed by atoms with Crippen molar-refractivity contribution in [2.24, 2.45) is 11.8 Å². The summed E-state index contributed by atoms with van der Waals surface area (Å²) in [5.74, 6) is -1.97. The van der Waals surface area contributed by atoms with Gasteiger partial charge in [-0.2, -0.15) is 0 Å². The predicted molar refractivity (Wildman–Crippen MR) is 145 cm³/mol. The van der Waals surface area contributed by atoms with E-state index < -0.39 is 35.9 Å². The highest BCUT2D eigenvalue weighted by Gasteiger charge is 2.56. The summed E-state index contributed by atoms with van der Waals surface area (Å²) in [5, 5.41) is 0. The fourth-order valence-corrected chi connectivity index (χ4v) is 5.34. The van der Waals surface area contributed by atoms with Crippen LogP contribution in [0.3, 0.4) is 0 Å². The van der Waals surface area contributed by atoms with E-state index in [2.05, 4.69) is 0 Å². The Morgan fingerprint density at radius 2 is 1.46 bits per heavy atom. The van der Waals surface area contributed by atoms with Crippen molar-refractivity contribution in [3.63, 3.8) is 0 Å². The topological polar surface area (TPSA) is 82.1 Å². The Morgan fingerprint density at radius 1 is 0.846 bits per heavy atom. The number of fused-ring (bicyclic) bond motifs is 1. The number of carbonyl (C=O) groups is 3. The third kappa shape index (κ3) is 5.87. The summed E-state index contributed by atoms with van der Waals surface area (Å²) in [7, 11) is 0. The van der Waals surface area contributed by atoms with Gasteiger partial charge in [-0.1, -0.05) is 91.0 Å². The second-order valence-electron chi connectivity index (χ2n) is 9.66. The predicted octanol–water partition coefficient (Wildman–Crippen LogP) is 4.77. The molecule has 0 bridgehead atoms. The second-order valence-corrected chi connectivity index (χ2v) is 9.66. The third-order valence-corrected chi connectivity index (χ3v) is 7.15. The second kappa shape index (κ2) is 12.0. The Kier molecular flexibility index (Phi) is 8.06. The minimum Gasteiger partial charge on any atom is -0.478 e. The fraction of sp³-hybridized carbons (Fsp3) is 0.281. The SMILES string of the molecule is CCOC(=O)[C@H]1OC(c2ccccc2)=C[C@@H]2C(=O)N(Cc3ccccc3)[C@@H](CC(=O)OCc3ccccc3)[C@@H]21. The number of nitrogens with zero attached hydrogens (tertiary/aromatic N) is 1. The molecule has 0 unspecified atom stereocenters. The molecule has 1 fully saturated rings. The van der Waals surface area contributed by atoms with Gasteiger partial charge >= 0.3 is 11.9 Å². The number of benzene rings is 3. The maximum absolute atomic E-state index is 13.9. The molecule has 3 aromatic carbocycles. The van der Waals surface area contributed by atoms with Crippen molar-refractivity contribution in [1.29, 1.82) is 0 Å². The molecule has 200 valence electrons. The standard InChI is InChI=1S/C32H31NO6/c1-2-37-32(36)30-29-25(18-27(39-30)24-16-10-5-11-17-24)31(35)33(20-22-12-6-3-7-13-22)26(29)19-28(34)38-21-23-14-8-4-9-15-23/h3-18,25-26,29-30H,2,19-21H2,1H3/t25-,26-,29+,30-/m0/s1. The van der Waals surface area contributed by atoms with E-state index in [-0.39, 0.29) is 25.5 Å². The first-order chi connectivity index (χ1) is 19.0. The largest absolute Gasteiger partial charge is 0.478 e.